The molecule has 0 saturated heterocycles. The first-order chi connectivity index (χ1) is 17.4. The highest BCUT2D eigenvalue weighted by Gasteiger charge is 2.34. The number of carboxylic acids is 1. The quantitative estimate of drug-likeness (QED) is 0.518. The Labute approximate surface area is 210 Å². The highest BCUT2D eigenvalue weighted by atomic mass is 16.5. The van der Waals surface area contributed by atoms with Crippen LogP contribution in [0.5, 0.6) is 0 Å². The van der Waals surface area contributed by atoms with E-state index < -0.39 is 18.2 Å². The molecule has 5 rings (SSSR count). The summed E-state index contributed by atoms with van der Waals surface area (Å²) in [7, 11) is 1.39. The molecule has 8 nitrogen and oxygen atoms in total. The van der Waals surface area contributed by atoms with Gasteiger partial charge in [0, 0.05) is 24.1 Å². The van der Waals surface area contributed by atoms with Gasteiger partial charge in [0.1, 0.15) is 11.9 Å². The average Bonchev–Trinajstić information content (AvgIpc) is 3.29. The van der Waals surface area contributed by atoms with Gasteiger partial charge in [0.15, 0.2) is 0 Å². The number of hydrogen-bond donors (Lipinski definition) is 2. The van der Waals surface area contributed by atoms with E-state index >= 15 is 0 Å². The lowest BCUT2D eigenvalue weighted by Gasteiger charge is -2.34. The molecule has 2 aromatic carbocycles. The number of anilines is 1. The summed E-state index contributed by atoms with van der Waals surface area (Å²) in [6.45, 7) is 2.01. The molecule has 1 aliphatic heterocycles. The monoisotopic (exact) mass is 491 g/mol. The lowest BCUT2D eigenvalue weighted by atomic mass is 9.85. The maximum Gasteiger partial charge on any atom is 0.414 e. The summed E-state index contributed by atoms with van der Waals surface area (Å²) in [5.41, 5.74) is 4.54. The Morgan fingerprint density at radius 2 is 1.81 bits per heavy atom. The number of imidazole rings is 1. The van der Waals surface area contributed by atoms with Gasteiger partial charge in [0.25, 0.3) is 0 Å². The fourth-order valence-electron chi connectivity index (χ4n) is 5.92. The first-order valence-electron chi connectivity index (χ1n) is 12.7. The number of aryl methyl sites for hydroxylation is 1. The van der Waals surface area contributed by atoms with E-state index in [0.717, 1.165) is 53.5 Å². The predicted molar refractivity (Wildman–Crippen MR) is 136 cm³/mol. The summed E-state index contributed by atoms with van der Waals surface area (Å²) < 4.78 is 7.20. The van der Waals surface area contributed by atoms with Crippen LogP contribution in [0.15, 0.2) is 42.5 Å². The highest BCUT2D eigenvalue weighted by molar-refractivity contribution is 5.95. The number of benzene rings is 2. The van der Waals surface area contributed by atoms with Crippen molar-refractivity contribution in [2.45, 2.75) is 70.1 Å². The molecule has 2 atom stereocenters. The van der Waals surface area contributed by atoms with E-state index in [1.54, 1.807) is 4.90 Å². The number of nitrogens with zero attached hydrogens (tertiary/aromatic N) is 3. The second-order valence-electron chi connectivity index (χ2n) is 10.0. The zero-order valence-corrected chi connectivity index (χ0v) is 20.8. The van der Waals surface area contributed by atoms with Gasteiger partial charge in [-0.15, -0.1) is 0 Å². The molecule has 0 spiro atoms. The van der Waals surface area contributed by atoms with Gasteiger partial charge in [-0.25, -0.2) is 9.78 Å². The van der Waals surface area contributed by atoms with Crippen molar-refractivity contribution >= 4 is 28.8 Å². The number of aromatic nitrogens is 2. The van der Waals surface area contributed by atoms with Crippen molar-refractivity contribution in [3.05, 3.63) is 59.4 Å². The minimum atomic E-state index is -0.813. The fraction of sp³-hybridized carbons (Fsp3) is 0.464. The van der Waals surface area contributed by atoms with Crippen molar-refractivity contribution < 1.29 is 24.5 Å². The Kier molecular flexibility index (Phi) is 6.71. The first kappa shape index (κ1) is 24.3. The lowest BCUT2D eigenvalue weighted by molar-refractivity contribution is -0.143. The summed E-state index contributed by atoms with van der Waals surface area (Å²) in [6.07, 6.45) is 3.44. The summed E-state index contributed by atoms with van der Waals surface area (Å²) in [4.78, 5) is 30.8. The summed E-state index contributed by atoms with van der Waals surface area (Å²) in [6, 6.07) is 13.9. The smallest absolute Gasteiger partial charge is 0.414 e. The number of ether oxygens (including phenoxy) is 1. The molecule has 1 saturated carbocycles. The molecular formula is C28H33N3O5. The summed E-state index contributed by atoms with van der Waals surface area (Å²) in [5.74, 6) is -0.458. The Bertz CT molecular complexity index is 1260. The highest BCUT2D eigenvalue weighted by Crippen LogP contribution is 2.41. The van der Waals surface area contributed by atoms with E-state index in [1.807, 2.05) is 49.4 Å². The van der Waals surface area contributed by atoms with E-state index in [2.05, 4.69) is 4.57 Å². The zero-order chi connectivity index (χ0) is 25.4. The second-order valence-corrected chi connectivity index (χ2v) is 10.0. The van der Waals surface area contributed by atoms with Crippen molar-refractivity contribution in [3.63, 3.8) is 0 Å². The second kappa shape index (κ2) is 9.93. The van der Waals surface area contributed by atoms with Crippen molar-refractivity contribution in [1.82, 2.24) is 9.55 Å². The number of methoxy groups -OCH3 is 1. The van der Waals surface area contributed by atoms with Crippen LogP contribution in [-0.4, -0.2) is 45.0 Å². The van der Waals surface area contributed by atoms with Crippen LogP contribution in [0.4, 0.5) is 10.5 Å². The van der Waals surface area contributed by atoms with E-state index in [9.17, 15) is 19.8 Å². The van der Waals surface area contributed by atoms with Gasteiger partial charge in [-0.3, -0.25) is 9.69 Å². The SMILES string of the molecule is COC(=O)N1c2ccc3c(nc([C@H](O)Cc4ccccc4)n3[C@H]3CC[C@H](C(=O)O)CC3)c2CC[C@@H]1C. The Hall–Kier alpha value is -3.39. The zero-order valence-electron chi connectivity index (χ0n) is 20.8. The number of fused-ring (bicyclic) bond motifs is 3. The molecular weight excluding hydrogens is 458 g/mol. The number of aliphatic carboxylic acids is 1. The largest absolute Gasteiger partial charge is 0.481 e. The molecule has 3 aromatic rings. The van der Waals surface area contributed by atoms with Crippen LogP contribution in [0, 0.1) is 5.92 Å². The molecule has 0 unspecified atom stereocenters. The summed E-state index contributed by atoms with van der Waals surface area (Å²) >= 11 is 0. The number of amides is 1. The van der Waals surface area contributed by atoms with Gasteiger partial charge in [0.2, 0.25) is 0 Å². The number of aliphatic hydroxyl groups excluding tert-OH is 1. The number of carbonyl (C=O) groups is 2. The maximum atomic E-state index is 12.6. The summed E-state index contributed by atoms with van der Waals surface area (Å²) in [5, 5.41) is 20.9. The van der Waals surface area contributed by atoms with Gasteiger partial charge in [-0.05, 0) is 63.1 Å². The Morgan fingerprint density at radius 1 is 1.08 bits per heavy atom. The van der Waals surface area contributed by atoms with Crippen molar-refractivity contribution in [3.8, 4) is 0 Å². The van der Waals surface area contributed by atoms with Gasteiger partial charge in [-0.1, -0.05) is 30.3 Å². The van der Waals surface area contributed by atoms with E-state index in [4.69, 9.17) is 9.72 Å². The fourth-order valence-corrected chi connectivity index (χ4v) is 5.92. The molecule has 2 N–H and O–H groups in total. The number of aliphatic hydroxyl groups is 1. The van der Waals surface area contributed by atoms with Crippen LogP contribution in [0.25, 0.3) is 11.0 Å². The van der Waals surface area contributed by atoms with Crippen LogP contribution in [0.3, 0.4) is 0 Å². The van der Waals surface area contributed by atoms with Gasteiger partial charge in [0.05, 0.1) is 29.7 Å². The molecule has 0 bridgehead atoms. The minimum Gasteiger partial charge on any atom is -0.481 e. The molecule has 1 aromatic heterocycles. The Morgan fingerprint density at radius 3 is 2.47 bits per heavy atom. The lowest BCUT2D eigenvalue weighted by Crippen LogP contribution is -2.42. The third kappa shape index (κ3) is 4.34. The van der Waals surface area contributed by atoms with Gasteiger partial charge >= 0.3 is 12.1 Å². The van der Waals surface area contributed by atoms with Crippen LogP contribution in [-0.2, 0) is 22.4 Å². The van der Waals surface area contributed by atoms with Crippen molar-refractivity contribution in [2.75, 3.05) is 12.0 Å². The van der Waals surface area contributed by atoms with Crippen molar-refractivity contribution in [1.29, 1.82) is 0 Å². The van der Waals surface area contributed by atoms with Crippen LogP contribution in [0.2, 0.25) is 0 Å². The van der Waals surface area contributed by atoms with Crippen LogP contribution < -0.4 is 4.90 Å². The first-order valence-corrected chi connectivity index (χ1v) is 12.7. The molecule has 1 aliphatic carbocycles. The topological polar surface area (TPSA) is 105 Å². The van der Waals surface area contributed by atoms with Crippen molar-refractivity contribution in [2.24, 2.45) is 5.92 Å². The van der Waals surface area contributed by atoms with Gasteiger partial charge in [-0.2, -0.15) is 0 Å². The van der Waals surface area contributed by atoms with E-state index in [-0.39, 0.29) is 18.0 Å². The van der Waals surface area contributed by atoms with Crippen LogP contribution in [0.1, 0.15) is 68.1 Å². The Balaban J connectivity index is 1.60. The predicted octanol–water partition coefficient (Wildman–Crippen LogP) is 5.04. The third-order valence-corrected chi connectivity index (χ3v) is 7.83. The molecule has 36 heavy (non-hydrogen) atoms. The maximum absolute atomic E-state index is 12.6. The number of carbonyl (C=O) groups excluding carboxylic acids is 1. The molecule has 2 heterocycles. The van der Waals surface area contributed by atoms with Crippen LogP contribution >= 0.6 is 0 Å². The molecule has 190 valence electrons. The normalized spacial score (nSPS) is 22.8. The minimum absolute atomic E-state index is 0.0129. The number of carboxylic acid groups (broad SMARTS) is 1. The molecule has 0 radical (unpaired) electrons. The van der Waals surface area contributed by atoms with Gasteiger partial charge < -0.3 is 19.5 Å². The van der Waals surface area contributed by atoms with E-state index in [1.165, 1.54) is 7.11 Å². The number of rotatable bonds is 5. The van der Waals surface area contributed by atoms with E-state index in [0.29, 0.717) is 25.1 Å². The third-order valence-electron chi connectivity index (χ3n) is 7.83. The average molecular weight is 492 g/mol. The molecule has 2 aliphatic rings. The molecule has 1 amide bonds. The number of hydrogen-bond acceptors (Lipinski definition) is 5. The standard InChI is InChI=1S/C28H33N3O5/c1-17-8-13-21-22(30(17)28(35)36-2)14-15-23-25(21)29-26(24(32)16-18-6-4-3-5-7-18)31(23)20-11-9-19(10-12-20)27(33)34/h3-7,14-15,17,19-20,24,32H,8-13,16H2,1-2H3,(H,33,34)/t17-,19-,20-,24+/m0/s1. The molecule has 1 fully saturated rings. The molecule has 8 heteroatoms.